The van der Waals surface area contributed by atoms with Gasteiger partial charge >= 0.3 is 17.9 Å². The highest BCUT2D eigenvalue weighted by Crippen LogP contribution is 2.40. The molecule has 4 heterocycles. The number of para-hydroxylation sites is 2. The number of piperidine rings is 2. The molecule has 0 unspecified atom stereocenters. The van der Waals surface area contributed by atoms with Crippen molar-refractivity contribution in [3.8, 4) is 5.75 Å². The smallest absolute Gasteiger partial charge is 0.420 e. The molecule has 6 rings (SSSR count). The molecule has 0 bridgehead atoms. The number of phenols is 1. The minimum atomic E-state index is -4.87. The molecule has 0 saturated carbocycles. The number of hydrogen-bond acceptors (Lipinski definition) is 6. The number of imidazole rings is 1. The second-order valence-corrected chi connectivity index (χ2v) is 13.0. The number of benzene rings is 2. The predicted octanol–water partition coefficient (Wildman–Crippen LogP) is 3.56. The molecule has 0 spiro atoms. The highest BCUT2D eigenvalue weighted by molar-refractivity contribution is 6.32. The Morgan fingerprint density at radius 3 is 2.28 bits per heavy atom. The average molecular weight is 678 g/mol. The summed E-state index contributed by atoms with van der Waals surface area (Å²) in [6.45, 7) is 5.28. The molecular weight excluding hydrogens is 639 g/mol. The fourth-order valence-electron chi connectivity index (χ4n) is 7.15. The summed E-state index contributed by atoms with van der Waals surface area (Å²) in [6, 6.07) is 7.92. The number of nitrogens with zero attached hydrogens (tertiary/aromatic N) is 4. The Morgan fingerprint density at radius 1 is 0.957 bits per heavy atom. The number of aromatic nitrogens is 2. The summed E-state index contributed by atoms with van der Waals surface area (Å²) in [7, 11) is 0. The van der Waals surface area contributed by atoms with Gasteiger partial charge in [0, 0.05) is 70.9 Å². The number of likely N-dealkylation sites (tertiary alicyclic amines) is 2. The monoisotopic (exact) mass is 677 g/mol. The number of aromatic amines is 1. The summed E-state index contributed by atoms with van der Waals surface area (Å²) >= 11 is 5.98. The van der Waals surface area contributed by atoms with E-state index in [1.165, 1.54) is 6.07 Å². The first-order valence-electron chi connectivity index (χ1n) is 16.1. The van der Waals surface area contributed by atoms with Crippen LogP contribution in [0, 0.1) is 0 Å². The van der Waals surface area contributed by atoms with E-state index in [0.29, 0.717) is 45.1 Å². The number of rotatable bonds is 6. The molecule has 3 fully saturated rings. The van der Waals surface area contributed by atoms with Crippen molar-refractivity contribution in [1.29, 1.82) is 0 Å². The minimum Gasteiger partial charge on any atom is -0.506 e. The number of carbonyl (C=O) groups is 2. The minimum absolute atomic E-state index is 0.0619. The fourth-order valence-corrected chi connectivity index (χ4v) is 7.39. The molecular formula is C32H39ClF3N7O4. The van der Waals surface area contributed by atoms with Crippen LogP contribution in [-0.2, 0) is 17.4 Å². The molecule has 4 N–H and O–H groups in total. The van der Waals surface area contributed by atoms with Gasteiger partial charge in [0.25, 0.3) is 0 Å². The maximum atomic E-state index is 13.9. The lowest BCUT2D eigenvalue weighted by molar-refractivity contribution is -0.138. The molecule has 15 heteroatoms. The average Bonchev–Trinajstić information content (AvgIpc) is 3.41. The third kappa shape index (κ3) is 7.24. The number of piperazine rings is 1. The lowest BCUT2D eigenvalue weighted by Gasteiger charge is -2.41. The van der Waals surface area contributed by atoms with Crippen molar-refractivity contribution in [3.63, 3.8) is 0 Å². The lowest BCUT2D eigenvalue weighted by Crippen LogP contribution is -2.57. The van der Waals surface area contributed by atoms with E-state index in [0.717, 1.165) is 56.1 Å². The van der Waals surface area contributed by atoms with Crippen LogP contribution >= 0.6 is 11.6 Å². The van der Waals surface area contributed by atoms with E-state index < -0.39 is 34.6 Å². The Hall–Kier alpha value is -3.75. The van der Waals surface area contributed by atoms with E-state index in [-0.39, 0.29) is 29.6 Å². The largest absolute Gasteiger partial charge is 0.506 e. The Morgan fingerprint density at radius 2 is 1.60 bits per heavy atom. The number of carbonyl (C=O) groups excluding carboxylic acids is 2. The molecule has 47 heavy (non-hydrogen) atoms. The third-order valence-electron chi connectivity index (χ3n) is 9.65. The quantitative estimate of drug-likeness (QED) is 0.316. The molecule has 0 radical (unpaired) electrons. The molecule has 3 amide bonds. The van der Waals surface area contributed by atoms with Gasteiger partial charge < -0.3 is 30.5 Å². The van der Waals surface area contributed by atoms with Crippen molar-refractivity contribution in [2.75, 3.05) is 52.4 Å². The van der Waals surface area contributed by atoms with Crippen molar-refractivity contribution in [2.45, 2.75) is 56.4 Å². The van der Waals surface area contributed by atoms with Crippen LogP contribution in [0.3, 0.4) is 0 Å². The SMILES string of the molecule is O=C(N[C@H](Cc1cc(Cl)c(O)c(C(F)(F)F)c1)C(=O)N1CCC(N2CCNCC2)CC1)N1CCC(n2c(=O)[nH]c3ccccc32)CC1. The molecule has 2 aromatic carbocycles. The first-order valence-corrected chi connectivity index (χ1v) is 16.4. The number of urea groups is 1. The second-order valence-electron chi connectivity index (χ2n) is 12.6. The molecule has 1 aromatic heterocycles. The van der Waals surface area contributed by atoms with Gasteiger partial charge in [-0.05, 0) is 55.5 Å². The standard InChI is InChI=1S/C32H39ClF3N7O4/c33-24-18-20(17-23(28(24)44)32(34,35)36)19-26(29(45)41-11-5-21(6-12-41)40-15-9-37-10-16-40)39-30(46)42-13-7-22(8-14-42)43-27-4-2-1-3-25(27)38-31(43)47/h1-4,17-18,21-22,26,37,44H,5-16,19H2,(H,38,47)(H,39,46)/t26-/m1/s1. The Labute approximate surface area is 274 Å². The number of fused-ring (bicyclic) bond motifs is 1. The Bertz CT molecular complexity index is 1660. The number of aromatic hydroxyl groups is 1. The van der Waals surface area contributed by atoms with Gasteiger partial charge in [-0.3, -0.25) is 14.3 Å². The molecule has 11 nitrogen and oxygen atoms in total. The van der Waals surface area contributed by atoms with Gasteiger partial charge in [-0.2, -0.15) is 13.2 Å². The summed E-state index contributed by atoms with van der Waals surface area (Å²) in [5, 5.41) is 15.6. The van der Waals surface area contributed by atoms with Gasteiger partial charge in [-0.1, -0.05) is 23.7 Å². The van der Waals surface area contributed by atoms with Crippen molar-refractivity contribution in [3.05, 3.63) is 63.0 Å². The van der Waals surface area contributed by atoms with Crippen molar-refractivity contribution in [2.24, 2.45) is 0 Å². The zero-order valence-corrected chi connectivity index (χ0v) is 26.6. The number of hydrogen-bond donors (Lipinski definition) is 4. The van der Waals surface area contributed by atoms with Crippen LogP contribution in [0.15, 0.2) is 41.2 Å². The summed E-state index contributed by atoms with van der Waals surface area (Å²) in [5.41, 5.74) is 0.0682. The molecule has 3 aromatic rings. The summed E-state index contributed by atoms with van der Waals surface area (Å²) < 4.78 is 42.8. The number of nitrogens with one attached hydrogen (secondary N) is 3. The summed E-state index contributed by atoms with van der Waals surface area (Å²) in [4.78, 5) is 48.7. The van der Waals surface area contributed by atoms with Crippen LogP contribution in [0.1, 0.15) is 42.9 Å². The van der Waals surface area contributed by atoms with Crippen molar-refractivity contribution >= 4 is 34.6 Å². The highest BCUT2D eigenvalue weighted by atomic mass is 35.5. The first-order chi connectivity index (χ1) is 22.5. The van der Waals surface area contributed by atoms with E-state index in [2.05, 4.69) is 20.5 Å². The van der Waals surface area contributed by atoms with Crippen molar-refractivity contribution < 1.29 is 27.9 Å². The van der Waals surface area contributed by atoms with E-state index >= 15 is 0 Å². The van der Waals surface area contributed by atoms with E-state index in [1.54, 1.807) is 14.4 Å². The number of alkyl halides is 3. The van der Waals surface area contributed by atoms with Gasteiger partial charge in [0.1, 0.15) is 11.8 Å². The Balaban J connectivity index is 1.16. The van der Waals surface area contributed by atoms with Gasteiger partial charge in [-0.25, -0.2) is 9.59 Å². The van der Waals surface area contributed by atoms with Crippen LogP contribution in [0.25, 0.3) is 11.0 Å². The van der Waals surface area contributed by atoms with Crippen LogP contribution in [0.2, 0.25) is 5.02 Å². The van der Waals surface area contributed by atoms with Crippen LogP contribution in [0.4, 0.5) is 18.0 Å². The van der Waals surface area contributed by atoms with Crippen LogP contribution in [0.5, 0.6) is 5.75 Å². The number of phenolic OH excluding ortho intramolecular Hbond substituents is 1. The molecule has 1 atom stereocenters. The van der Waals surface area contributed by atoms with E-state index in [1.807, 2.05) is 24.3 Å². The van der Waals surface area contributed by atoms with Crippen LogP contribution in [-0.4, -0.2) is 106 Å². The fraction of sp³-hybridized carbons (Fsp3) is 0.531. The predicted molar refractivity (Wildman–Crippen MR) is 171 cm³/mol. The lowest BCUT2D eigenvalue weighted by atomic mass is 9.98. The highest BCUT2D eigenvalue weighted by Gasteiger charge is 2.37. The number of halogens is 4. The third-order valence-corrected chi connectivity index (χ3v) is 9.94. The molecule has 254 valence electrons. The van der Waals surface area contributed by atoms with Gasteiger partial charge in [-0.15, -0.1) is 0 Å². The molecule has 3 aliphatic heterocycles. The molecule has 3 saturated heterocycles. The van der Waals surface area contributed by atoms with E-state index in [9.17, 15) is 32.7 Å². The topological polar surface area (TPSA) is 126 Å². The number of H-pyrrole nitrogens is 1. The van der Waals surface area contributed by atoms with Gasteiger partial charge in [0.05, 0.1) is 21.6 Å². The first kappa shape index (κ1) is 33.2. The molecule has 3 aliphatic rings. The number of amides is 3. The molecule has 0 aliphatic carbocycles. The van der Waals surface area contributed by atoms with Gasteiger partial charge in [0.2, 0.25) is 5.91 Å². The maximum absolute atomic E-state index is 13.9. The van der Waals surface area contributed by atoms with Crippen molar-refractivity contribution in [1.82, 2.24) is 34.9 Å². The normalized spacial score (nSPS) is 19.7. The van der Waals surface area contributed by atoms with Crippen LogP contribution < -0.4 is 16.3 Å². The van der Waals surface area contributed by atoms with Gasteiger partial charge in [0.15, 0.2) is 0 Å². The summed E-state index contributed by atoms with van der Waals surface area (Å²) in [6.07, 6.45) is -2.57. The second kappa shape index (κ2) is 13.8. The zero-order valence-electron chi connectivity index (χ0n) is 25.9. The van der Waals surface area contributed by atoms with E-state index in [4.69, 9.17) is 11.6 Å². The maximum Gasteiger partial charge on any atom is 0.420 e. The summed E-state index contributed by atoms with van der Waals surface area (Å²) in [5.74, 6) is -1.46. The Kier molecular flexibility index (Phi) is 9.72. The zero-order chi connectivity index (χ0) is 33.3.